The average molecular weight is 451 g/mol. The van der Waals surface area contributed by atoms with Gasteiger partial charge < -0.3 is 10.6 Å². The molecule has 0 saturated heterocycles. The quantitative estimate of drug-likeness (QED) is 0.453. The van der Waals surface area contributed by atoms with Crippen LogP contribution < -0.4 is 10.6 Å². The van der Waals surface area contributed by atoms with Gasteiger partial charge in [-0.15, -0.1) is 0 Å². The summed E-state index contributed by atoms with van der Waals surface area (Å²) < 4.78 is 25.7. The highest BCUT2D eigenvalue weighted by molar-refractivity contribution is 7.90. The molecule has 0 spiro atoms. The third-order valence-corrected chi connectivity index (χ3v) is 7.28. The van der Waals surface area contributed by atoms with Gasteiger partial charge in [-0.1, -0.05) is 24.3 Å². The summed E-state index contributed by atoms with van der Waals surface area (Å²) in [5.41, 5.74) is 5.30. The Morgan fingerprint density at radius 1 is 1.12 bits per heavy atom. The molecule has 0 radical (unpaired) electrons. The Balaban J connectivity index is 1.65. The van der Waals surface area contributed by atoms with E-state index in [1.165, 1.54) is 6.26 Å². The molecule has 2 aromatic carbocycles. The third-order valence-electron chi connectivity index (χ3n) is 5.72. The standard InChI is InChI=1S/C23H26N6O2S/c1-14-19-10-9-17(12-21(19)28-29(14)4)20-13-25-23(27-22(20)24-3)26-18-8-6-7-16(11-18)15(2)32(5,30)31/h6-13,15H,1-5H3,(H2,24,25,26,27). The lowest BCUT2D eigenvalue weighted by molar-refractivity contribution is 0.592. The Morgan fingerprint density at radius 3 is 2.62 bits per heavy atom. The zero-order valence-corrected chi connectivity index (χ0v) is 19.5. The number of anilines is 3. The van der Waals surface area contributed by atoms with Crippen molar-refractivity contribution in [3.8, 4) is 11.1 Å². The summed E-state index contributed by atoms with van der Waals surface area (Å²) in [4.78, 5) is 9.09. The highest BCUT2D eigenvalue weighted by atomic mass is 32.2. The Labute approximate surface area is 187 Å². The number of hydrogen-bond donors (Lipinski definition) is 2. The van der Waals surface area contributed by atoms with E-state index in [1.807, 2.05) is 50.0 Å². The fourth-order valence-electron chi connectivity index (χ4n) is 3.59. The number of nitrogens with zero attached hydrogens (tertiary/aromatic N) is 4. The second kappa shape index (κ2) is 8.23. The highest BCUT2D eigenvalue weighted by Gasteiger charge is 2.17. The van der Waals surface area contributed by atoms with Gasteiger partial charge in [0.25, 0.3) is 0 Å². The molecule has 4 aromatic rings. The topological polar surface area (TPSA) is 102 Å². The van der Waals surface area contributed by atoms with Crippen LogP contribution in [-0.2, 0) is 16.9 Å². The minimum atomic E-state index is -3.19. The molecule has 0 aliphatic carbocycles. The van der Waals surface area contributed by atoms with Crippen molar-refractivity contribution in [2.24, 2.45) is 7.05 Å². The number of aryl methyl sites for hydroxylation is 2. The van der Waals surface area contributed by atoms with Gasteiger partial charge in [0.2, 0.25) is 5.95 Å². The Hall–Kier alpha value is -3.46. The van der Waals surface area contributed by atoms with Crippen LogP contribution in [0.2, 0.25) is 0 Å². The molecule has 2 aromatic heterocycles. The summed E-state index contributed by atoms with van der Waals surface area (Å²) in [5, 5.41) is 11.4. The molecule has 0 aliphatic rings. The summed E-state index contributed by atoms with van der Waals surface area (Å²) >= 11 is 0. The molecular weight excluding hydrogens is 424 g/mol. The minimum absolute atomic E-state index is 0.414. The van der Waals surface area contributed by atoms with Crippen molar-refractivity contribution in [3.05, 3.63) is 59.9 Å². The number of fused-ring (bicyclic) bond motifs is 1. The lowest BCUT2D eigenvalue weighted by Crippen LogP contribution is -2.08. The highest BCUT2D eigenvalue weighted by Crippen LogP contribution is 2.31. The number of hydrogen-bond acceptors (Lipinski definition) is 7. The SMILES string of the molecule is CNc1nc(Nc2cccc(C(C)S(C)(=O)=O)c2)ncc1-c1ccc2c(C)n(C)nc2c1. The fraction of sp³-hybridized carbons (Fsp3) is 0.261. The summed E-state index contributed by atoms with van der Waals surface area (Å²) in [5.74, 6) is 1.09. The van der Waals surface area contributed by atoms with E-state index in [2.05, 4.69) is 31.8 Å². The first-order chi connectivity index (χ1) is 15.2. The van der Waals surface area contributed by atoms with Crippen LogP contribution in [0.5, 0.6) is 0 Å². The smallest absolute Gasteiger partial charge is 0.229 e. The first kappa shape index (κ1) is 21.8. The van der Waals surface area contributed by atoms with Gasteiger partial charge in [0.05, 0.1) is 10.8 Å². The summed E-state index contributed by atoms with van der Waals surface area (Å²) in [7, 11) is 0.562. The summed E-state index contributed by atoms with van der Waals surface area (Å²) in [6.45, 7) is 3.72. The molecule has 32 heavy (non-hydrogen) atoms. The molecule has 0 bridgehead atoms. The lowest BCUT2D eigenvalue weighted by Gasteiger charge is -2.13. The van der Waals surface area contributed by atoms with E-state index in [0.717, 1.165) is 33.4 Å². The number of benzene rings is 2. The van der Waals surface area contributed by atoms with E-state index in [4.69, 9.17) is 0 Å². The van der Waals surface area contributed by atoms with E-state index in [-0.39, 0.29) is 0 Å². The molecule has 9 heteroatoms. The maximum atomic E-state index is 11.9. The molecule has 0 saturated carbocycles. The molecule has 0 fully saturated rings. The van der Waals surface area contributed by atoms with Gasteiger partial charge in [-0.25, -0.2) is 13.4 Å². The predicted octanol–water partition coefficient (Wildman–Crippen LogP) is 4.23. The maximum Gasteiger partial charge on any atom is 0.229 e. The molecular formula is C23H26N6O2S. The number of sulfone groups is 1. The van der Waals surface area contributed by atoms with Crippen LogP contribution in [0, 0.1) is 6.92 Å². The average Bonchev–Trinajstić information content (AvgIpc) is 3.05. The maximum absolute atomic E-state index is 11.9. The number of nitrogens with one attached hydrogen (secondary N) is 2. The van der Waals surface area contributed by atoms with Crippen LogP contribution in [0.25, 0.3) is 22.0 Å². The first-order valence-electron chi connectivity index (χ1n) is 10.2. The summed E-state index contributed by atoms with van der Waals surface area (Å²) in [6, 6.07) is 13.4. The van der Waals surface area contributed by atoms with Crippen molar-refractivity contribution in [1.29, 1.82) is 0 Å². The zero-order chi connectivity index (χ0) is 23.0. The molecule has 0 aliphatic heterocycles. The van der Waals surface area contributed by atoms with Crippen LogP contribution in [-0.4, -0.2) is 41.5 Å². The Morgan fingerprint density at radius 2 is 1.91 bits per heavy atom. The lowest BCUT2D eigenvalue weighted by atomic mass is 10.1. The van der Waals surface area contributed by atoms with Gasteiger partial charge in [-0.3, -0.25) is 4.68 Å². The van der Waals surface area contributed by atoms with Gasteiger partial charge in [0.1, 0.15) is 5.82 Å². The van der Waals surface area contributed by atoms with Crippen molar-refractivity contribution in [3.63, 3.8) is 0 Å². The van der Waals surface area contributed by atoms with Gasteiger partial charge in [0.15, 0.2) is 9.84 Å². The van der Waals surface area contributed by atoms with Crippen LogP contribution in [0.4, 0.5) is 17.5 Å². The largest absolute Gasteiger partial charge is 0.372 e. The van der Waals surface area contributed by atoms with Crippen molar-refractivity contribution < 1.29 is 8.42 Å². The van der Waals surface area contributed by atoms with E-state index < -0.39 is 15.1 Å². The molecule has 1 atom stereocenters. The molecule has 1 unspecified atom stereocenters. The normalized spacial score (nSPS) is 12.7. The van der Waals surface area contributed by atoms with Crippen LogP contribution >= 0.6 is 0 Å². The molecule has 4 rings (SSSR count). The van der Waals surface area contributed by atoms with Crippen molar-refractivity contribution in [1.82, 2.24) is 19.7 Å². The van der Waals surface area contributed by atoms with Gasteiger partial charge >= 0.3 is 0 Å². The van der Waals surface area contributed by atoms with E-state index >= 15 is 0 Å². The van der Waals surface area contributed by atoms with Gasteiger partial charge in [-0.2, -0.15) is 10.1 Å². The Bertz CT molecular complexity index is 1410. The second-order valence-corrected chi connectivity index (χ2v) is 10.2. The van der Waals surface area contributed by atoms with Crippen molar-refractivity contribution in [2.75, 3.05) is 23.9 Å². The Kier molecular flexibility index (Phi) is 5.60. The zero-order valence-electron chi connectivity index (χ0n) is 18.7. The monoisotopic (exact) mass is 450 g/mol. The molecule has 0 amide bonds. The minimum Gasteiger partial charge on any atom is -0.372 e. The van der Waals surface area contributed by atoms with Crippen molar-refractivity contribution in [2.45, 2.75) is 19.1 Å². The van der Waals surface area contributed by atoms with Gasteiger partial charge in [-0.05, 0) is 43.2 Å². The molecule has 2 N–H and O–H groups in total. The number of rotatable bonds is 6. The third kappa shape index (κ3) is 4.16. The predicted molar refractivity (Wildman–Crippen MR) is 129 cm³/mol. The number of aromatic nitrogens is 4. The summed E-state index contributed by atoms with van der Waals surface area (Å²) in [6.07, 6.45) is 3.00. The van der Waals surface area contributed by atoms with Crippen LogP contribution in [0.15, 0.2) is 48.7 Å². The fourth-order valence-corrected chi connectivity index (χ4v) is 4.23. The van der Waals surface area contributed by atoms with E-state index in [0.29, 0.717) is 17.3 Å². The van der Waals surface area contributed by atoms with Crippen LogP contribution in [0.3, 0.4) is 0 Å². The van der Waals surface area contributed by atoms with Crippen molar-refractivity contribution >= 4 is 38.2 Å². The second-order valence-electron chi connectivity index (χ2n) is 7.87. The molecule has 166 valence electrons. The molecule has 8 nitrogen and oxygen atoms in total. The van der Waals surface area contributed by atoms with E-state index in [9.17, 15) is 8.42 Å². The van der Waals surface area contributed by atoms with E-state index in [1.54, 1.807) is 25.3 Å². The first-order valence-corrected chi connectivity index (χ1v) is 12.2. The van der Waals surface area contributed by atoms with Crippen LogP contribution in [0.1, 0.15) is 23.4 Å². The van der Waals surface area contributed by atoms with Gasteiger partial charge in [0, 0.05) is 48.9 Å². The molecule has 2 heterocycles.